The molecule has 0 saturated carbocycles. The van der Waals surface area contributed by atoms with Crippen LogP contribution in [0.4, 0.5) is 0 Å². The van der Waals surface area contributed by atoms with Crippen molar-refractivity contribution in [3.8, 4) is 5.75 Å². The summed E-state index contributed by atoms with van der Waals surface area (Å²) in [5.41, 5.74) is 1.51. The summed E-state index contributed by atoms with van der Waals surface area (Å²) in [6, 6.07) is 6.60. The van der Waals surface area contributed by atoms with Gasteiger partial charge in [0.15, 0.2) is 0 Å². The van der Waals surface area contributed by atoms with Gasteiger partial charge in [-0.1, -0.05) is 12.1 Å². The second-order valence-corrected chi connectivity index (χ2v) is 8.58. The van der Waals surface area contributed by atoms with Crippen molar-refractivity contribution < 1.29 is 18.8 Å². The molecule has 0 N–H and O–H groups in total. The molecule has 0 aliphatic carbocycles. The summed E-state index contributed by atoms with van der Waals surface area (Å²) < 4.78 is 23.8. The van der Waals surface area contributed by atoms with E-state index in [4.69, 9.17) is 18.8 Å². The standard InChI is InChI=1S/C20H32BNO4/c1-14-13-24-15(2)11-22(14)12-16-10-17(8-9-18(16)23-7)21-25-19(3,4)20(5,6)26-21/h8-10,14-15H,11-13H2,1-7H3. The van der Waals surface area contributed by atoms with Gasteiger partial charge in [-0.25, -0.2) is 0 Å². The van der Waals surface area contributed by atoms with Gasteiger partial charge in [0.05, 0.1) is 31.0 Å². The van der Waals surface area contributed by atoms with Crippen LogP contribution < -0.4 is 10.2 Å². The Kier molecular flexibility index (Phi) is 5.41. The minimum Gasteiger partial charge on any atom is -0.496 e. The Hall–Kier alpha value is -1.08. The maximum absolute atomic E-state index is 6.21. The van der Waals surface area contributed by atoms with E-state index < -0.39 is 0 Å². The number of rotatable bonds is 4. The molecule has 2 fully saturated rings. The highest BCUT2D eigenvalue weighted by Gasteiger charge is 2.51. The monoisotopic (exact) mass is 361 g/mol. The average molecular weight is 361 g/mol. The molecule has 0 spiro atoms. The van der Waals surface area contributed by atoms with Gasteiger partial charge in [0, 0.05) is 24.7 Å². The summed E-state index contributed by atoms with van der Waals surface area (Å²) in [7, 11) is 1.37. The van der Waals surface area contributed by atoms with E-state index in [2.05, 4.69) is 52.5 Å². The van der Waals surface area contributed by atoms with Crippen molar-refractivity contribution in [2.45, 2.75) is 71.4 Å². The molecule has 2 atom stereocenters. The molecule has 3 rings (SSSR count). The molecule has 0 radical (unpaired) electrons. The van der Waals surface area contributed by atoms with Crippen LogP contribution in [0, 0.1) is 0 Å². The number of hydrogen-bond acceptors (Lipinski definition) is 5. The van der Waals surface area contributed by atoms with Crippen molar-refractivity contribution in [3.05, 3.63) is 23.8 Å². The molecule has 2 heterocycles. The third-order valence-corrected chi connectivity index (χ3v) is 5.94. The topological polar surface area (TPSA) is 40.2 Å². The number of ether oxygens (including phenoxy) is 2. The second kappa shape index (κ2) is 7.15. The van der Waals surface area contributed by atoms with E-state index in [1.54, 1.807) is 7.11 Å². The van der Waals surface area contributed by atoms with Crippen molar-refractivity contribution in [1.82, 2.24) is 4.90 Å². The largest absolute Gasteiger partial charge is 0.496 e. The lowest BCUT2D eigenvalue weighted by atomic mass is 9.78. The first-order valence-electron chi connectivity index (χ1n) is 9.51. The molecular formula is C20H32BNO4. The first kappa shape index (κ1) is 19.7. The van der Waals surface area contributed by atoms with Crippen molar-refractivity contribution in [2.75, 3.05) is 20.3 Å². The summed E-state index contributed by atoms with van der Waals surface area (Å²) in [6.07, 6.45) is 0.253. The van der Waals surface area contributed by atoms with Crippen LogP contribution in [0.25, 0.3) is 0 Å². The Labute approximate surface area is 158 Å². The number of nitrogens with zero attached hydrogens (tertiary/aromatic N) is 1. The van der Waals surface area contributed by atoms with Crippen molar-refractivity contribution in [1.29, 1.82) is 0 Å². The molecule has 0 aromatic heterocycles. The van der Waals surface area contributed by atoms with Gasteiger partial charge in [0.2, 0.25) is 0 Å². The van der Waals surface area contributed by atoms with Crippen LogP contribution in [0.2, 0.25) is 0 Å². The van der Waals surface area contributed by atoms with Gasteiger partial charge in [-0.15, -0.1) is 0 Å². The molecule has 0 amide bonds. The fraction of sp³-hybridized carbons (Fsp3) is 0.700. The number of methoxy groups -OCH3 is 1. The molecule has 2 aliphatic rings. The Morgan fingerprint density at radius 3 is 2.42 bits per heavy atom. The molecule has 2 aliphatic heterocycles. The van der Waals surface area contributed by atoms with E-state index in [1.165, 1.54) is 0 Å². The Bertz CT molecular complexity index is 633. The second-order valence-electron chi connectivity index (χ2n) is 8.58. The van der Waals surface area contributed by atoms with E-state index in [0.717, 1.165) is 36.5 Å². The normalized spacial score (nSPS) is 28.3. The van der Waals surface area contributed by atoms with Crippen molar-refractivity contribution in [2.24, 2.45) is 0 Å². The summed E-state index contributed by atoms with van der Waals surface area (Å²) in [4.78, 5) is 2.44. The van der Waals surface area contributed by atoms with Gasteiger partial charge >= 0.3 is 7.12 Å². The highest BCUT2D eigenvalue weighted by molar-refractivity contribution is 6.62. The third kappa shape index (κ3) is 3.79. The van der Waals surface area contributed by atoms with E-state index in [0.29, 0.717) is 6.04 Å². The summed E-state index contributed by atoms with van der Waals surface area (Å²) in [6.45, 7) is 15.1. The smallest absolute Gasteiger partial charge is 0.494 e. The van der Waals surface area contributed by atoms with E-state index in [1.807, 2.05) is 12.1 Å². The minimum absolute atomic E-state index is 0.253. The molecule has 144 valence electrons. The number of morpholine rings is 1. The van der Waals surface area contributed by atoms with Crippen molar-refractivity contribution in [3.63, 3.8) is 0 Å². The summed E-state index contributed by atoms with van der Waals surface area (Å²) in [5, 5.41) is 0. The van der Waals surface area contributed by atoms with Crippen LogP contribution in [0.5, 0.6) is 5.75 Å². The van der Waals surface area contributed by atoms with E-state index >= 15 is 0 Å². The van der Waals surface area contributed by atoms with Gasteiger partial charge in [-0.05, 0) is 53.1 Å². The predicted octanol–water partition coefficient (Wildman–Crippen LogP) is 2.60. The maximum atomic E-state index is 6.21. The Balaban J connectivity index is 1.83. The highest BCUT2D eigenvalue weighted by atomic mass is 16.7. The average Bonchev–Trinajstić information content (AvgIpc) is 2.79. The molecule has 6 heteroatoms. The van der Waals surface area contributed by atoms with Crippen LogP contribution in [0.1, 0.15) is 47.1 Å². The Morgan fingerprint density at radius 1 is 1.15 bits per heavy atom. The maximum Gasteiger partial charge on any atom is 0.494 e. The van der Waals surface area contributed by atoms with E-state index in [-0.39, 0.29) is 24.4 Å². The Morgan fingerprint density at radius 2 is 1.81 bits per heavy atom. The lowest BCUT2D eigenvalue weighted by Gasteiger charge is -2.37. The number of hydrogen-bond donors (Lipinski definition) is 0. The van der Waals surface area contributed by atoms with Crippen LogP contribution in [-0.2, 0) is 20.6 Å². The predicted molar refractivity (Wildman–Crippen MR) is 104 cm³/mol. The molecule has 2 unspecified atom stereocenters. The zero-order chi connectivity index (χ0) is 19.1. The molecule has 5 nitrogen and oxygen atoms in total. The fourth-order valence-electron chi connectivity index (χ4n) is 3.46. The zero-order valence-electron chi connectivity index (χ0n) is 17.2. The molecule has 2 saturated heterocycles. The first-order chi connectivity index (χ1) is 12.1. The first-order valence-corrected chi connectivity index (χ1v) is 9.51. The highest BCUT2D eigenvalue weighted by Crippen LogP contribution is 2.36. The molecule has 1 aromatic carbocycles. The van der Waals surface area contributed by atoms with E-state index in [9.17, 15) is 0 Å². The van der Waals surface area contributed by atoms with Gasteiger partial charge in [-0.2, -0.15) is 0 Å². The minimum atomic E-state index is -0.356. The quantitative estimate of drug-likeness (QED) is 0.771. The SMILES string of the molecule is COc1ccc(B2OC(C)(C)C(C)(C)O2)cc1CN1CC(C)OCC1C. The third-order valence-electron chi connectivity index (χ3n) is 5.94. The van der Waals surface area contributed by atoms with Gasteiger partial charge in [-0.3, -0.25) is 4.90 Å². The van der Waals surface area contributed by atoms with Crippen LogP contribution in [0.15, 0.2) is 18.2 Å². The molecular weight excluding hydrogens is 329 g/mol. The lowest BCUT2D eigenvalue weighted by molar-refractivity contribution is -0.0528. The van der Waals surface area contributed by atoms with Crippen LogP contribution in [-0.4, -0.2) is 55.6 Å². The van der Waals surface area contributed by atoms with Gasteiger partial charge < -0.3 is 18.8 Å². The summed E-state index contributed by atoms with van der Waals surface area (Å²) >= 11 is 0. The van der Waals surface area contributed by atoms with Gasteiger partial charge in [0.25, 0.3) is 0 Å². The fourth-order valence-corrected chi connectivity index (χ4v) is 3.46. The van der Waals surface area contributed by atoms with Crippen LogP contribution >= 0.6 is 0 Å². The summed E-state index contributed by atoms with van der Waals surface area (Å²) in [5.74, 6) is 0.900. The number of benzene rings is 1. The lowest BCUT2D eigenvalue weighted by Crippen LogP contribution is -2.46. The van der Waals surface area contributed by atoms with Crippen molar-refractivity contribution >= 4 is 12.6 Å². The zero-order valence-corrected chi connectivity index (χ0v) is 17.2. The molecule has 0 bridgehead atoms. The van der Waals surface area contributed by atoms with Crippen LogP contribution in [0.3, 0.4) is 0 Å². The van der Waals surface area contributed by atoms with Gasteiger partial charge in [0.1, 0.15) is 5.75 Å². The molecule has 1 aromatic rings. The molecule has 26 heavy (non-hydrogen) atoms.